The van der Waals surface area contributed by atoms with E-state index in [4.69, 9.17) is 11.6 Å². The second-order valence-electron chi connectivity index (χ2n) is 5.66. The van der Waals surface area contributed by atoms with Gasteiger partial charge in [-0.15, -0.1) is 0 Å². The van der Waals surface area contributed by atoms with E-state index in [9.17, 15) is 22.0 Å². The summed E-state index contributed by atoms with van der Waals surface area (Å²) in [6, 6.07) is 2.49. The second kappa shape index (κ2) is 6.99. The first-order valence-electron chi connectivity index (χ1n) is 7.14. The summed E-state index contributed by atoms with van der Waals surface area (Å²) in [6.45, 7) is 0. The van der Waals surface area contributed by atoms with Crippen LogP contribution < -0.4 is 0 Å². The molecule has 0 atom stereocenters. The fraction of sp³-hybridized carbons (Fsp3) is 0.500. The van der Waals surface area contributed by atoms with Gasteiger partial charge in [-0.2, -0.15) is 13.2 Å². The van der Waals surface area contributed by atoms with E-state index in [0.717, 1.165) is 6.08 Å². The molecule has 0 radical (unpaired) electrons. The summed E-state index contributed by atoms with van der Waals surface area (Å²) in [5.74, 6) is -1.43. The predicted octanol–water partition coefficient (Wildman–Crippen LogP) is 6.40. The predicted molar refractivity (Wildman–Crippen MR) is 75.9 cm³/mol. The van der Waals surface area contributed by atoms with E-state index >= 15 is 0 Å². The standard InChI is InChI=1S/C16H16ClF5/c17-15-13(18)8-12(9-14(15)19)11-5-3-10(4-6-11)2-1-7-16(20,21)22/h1-2,8-11H,3-7H2/b2-1+. The van der Waals surface area contributed by atoms with Crippen molar-refractivity contribution < 1.29 is 22.0 Å². The van der Waals surface area contributed by atoms with Crippen LogP contribution in [0.15, 0.2) is 24.3 Å². The molecule has 0 saturated heterocycles. The zero-order valence-corrected chi connectivity index (χ0v) is 12.5. The van der Waals surface area contributed by atoms with Gasteiger partial charge in [0.05, 0.1) is 6.42 Å². The molecule has 6 heteroatoms. The molecule has 0 spiro atoms. The van der Waals surface area contributed by atoms with Crippen molar-refractivity contribution in [3.8, 4) is 0 Å². The minimum absolute atomic E-state index is 0.0218. The van der Waals surface area contributed by atoms with E-state index < -0.39 is 29.3 Å². The normalized spacial score (nSPS) is 23.2. The maximum Gasteiger partial charge on any atom is 0.392 e. The highest BCUT2D eigenvalue weighted by Crippen LogP contribution is 2.38. The van der Waals surface area contributed by atoms with Crippen molar-refractivity contribution >= 4 is 11.6 Å². The molecule has 0 N–H and O–H groups in total. The number of alkyl halides is 3. The van der Waals surface area contributed by atoms with E-state index in [-0.39, 0.29) is 11.8 Å². The van der Waals surface area contributed by atoms with Crippen LogP contribution >= 0.6 is 11.6 Å². The molecular weight excluding hydrogens is 323 g/mol. The largest absolute Gasteiger partial charge is 0.392 e. The summed E-state index contributed by atoms with van der Waals surface area (Å²) in [5.41, 5.74) is 0.567. The van der Waals surface area contributed by atoms with Gasteiger partial charge in [-0.1, -0.05) is 23.8 Å². The van der Waals surface area contributed by atoms with Crippen LogP contribution in [0.1, 0.15) is 43.6 Å². The van der Waals surface area contributed by atoms with E-state index in [1.54, 1.807) is 6.08 Å². The monoisotopic (exact) mass is 338 g/mol. The smallest absolute Gasteiger partial charge is 0.205 e. The zero-order chi connectivity index (χ0) is 16.3. The van der Waals surface area contributed by atoms with E-state index in [0.29, 0.717) is 31.2 Å². The molecule has 1 aliphatic rings. The SMILES string of the molecule is Fc1cc(C2CCC(/C=C/CC(F)(F)F)CC2)cc(F)c1Cl. The van der Waals surface area contributed by atoms with Crippen molar-refractivity contribution in [2.75, 3.05) is 0 Å². The number of hydrogen-bond acceptors (Lipinski definition) is 0. The first-order chi connectivity index (χ1) is 10.3. The lowest BCUT2D eigenvalue weighted by Crippen LogP contribution is -2.12. The Bertz CT molecular complexity index is 519. The third kappa shape index (κ3) is 4.70. The quantitative estimate of drug-likeness (QED) is 0.340. The van der Waals surface area contributed by atoms with Crippen LogP contribution in [0.3, 0.4) is 0 Å². The van der Waals surface area contributed by atoms with E-state index in [2.05, 4.69) is 0 Å². The Balaban J connectivity index is 1.92. The molecule has 0 heterocycles. The Morgan fingerprint density at radius 2 is 1.59 bits per heavy atom. The molecule has 0 unspecified atom stereocenters. The van der Waals surface area contributed by atoms with Crippen molar-refractivity contribution in [1.29, 1.82) is 0 Å². The Morgan fingerprint density at radius 3 is 2.09 bits per heavy atom. The average Bonchev–Trinajstić information content (AvgIpc) is 2.43. The molecule has 122 valence electrons. The molecule has 1 fully saturated rings. The van der Waals surface area contributed by atoms with E-state index in [1.165, 1.54) is 12.1 Å². The fourth-order valence-electron chi connectivity index (χ4n) is 2.85. The minimum Gasteiger partial charge on any atom is -0.205 e. The van der Waals surface area contributed by atoms with Crippen molar-refractivity contribution in [3.63, 3.8) is 0 Å². The van der Waals surface area contributed by atoms with Gasteiger partial charge in [0.1, 0.15) is 16.7 Å². The topological polar surface area (TPSA) is 0 Å². The van der Waals surface area contributed by atoms with Crippen LogP contribution in [0.4, 0.5) is 22.0 Å². The summed E-state index contributed by atoms with van der Waals surface area (Å²) in [4.78, 5) is 0. The van der Waals surface area contributed by atoms with Crippen LogP contribution in [0.25, 0.3) is 0 Å². The van der Waals surface area contributed by atoms with Crippen LogP contribution in [0.5, 0.6) is 0 Å². The van der Waals surface area contributed by atoms with Crippen molar-refractivity contribution in [2.24, 2.45) is 5.92 Å². The molecule has 0 bridgehead atoms. The van der Waals surface area contributed by atoms with Crippen molar-refractivity contribution in [1.82, 2.24) is 0 Å². The highest BCUT2D eigenvalue weighted by atomic mass is 35.5. The molecule has 1 saturated carbocycles. The first kappa shape index (κ1) is 17.3. The lowest BCUT2D eigenvalue weighted by atomic mass is 9.78. The number of hydrogen-bond donors (Lipinski definition) is 0. The summed E-state index contributed by atoms with van der Waals surface area (Å²) < 4.78 is 63.1. The second-order valence-corrected chi connectivity index (χ2v) is 6.04. The molecule has 1 aliphatic carbocycles. The molecule has 1 aromatic rings. The molecular formula is C16H16ClF5. The van der Waals surface area contributed by atoms with Gasteiger partial charge in [-0.3, -0.25) is 0 Å². The van der Waals surface area contributed by atoms with Gasteiger partial charge in [0.25, 0.3) is 0 Å². The van der Waals surface area contributed by atoms with Crippen LogP contribution in [0.2, 0.25) is 5.02 Å². The highest BCUT2D eigenvalue weighted by Gasteiger charge is 2.26. The Hall–Kier alpha value is -1.10. The third-order valence-electron chi connectivity index (χ3n) is 4.01. The zero-order valence-electron chi connectivity index (χ0n) is 11.8. The summed E-state index contributed by atoms with van der Waals surface area (Å²) in [6.07, 6.45) is 0.491. The van der Waals surface area contributed by atoms with E-state index in [1.807, 2.05) is 0 Å². The van der Waals surface area contributed by atoms with Gasteiger partial charge >= 0.3 is 6.18 Å². The Morgan fingerprint density at radius 1 is 1.05 bits per heavy atom. The molecule has 0 aliphatic heterocycles. The van der Waals surface area contributed by atoms with Crippen LogP contribution in [0, 0.1) is 17.6 Å². The first-order valence-corrected chi connectivity index (χ1v) is 7.52. The molecule has 2 rings (SSSR count). The Labute approximate surface area is 131 Å². The van der Waals surface area contributed by atoms with Crippen molar-refractivity contribution in [2.45, 2.75) is 44.2 Å². The lowest BCUT2D eigenvalue weighted by Gasteiger charge is -2.27. The number of allylic oxidation sites excluding steroid dienone is 2. The number of benzene rings is 1. The maximum atomic E-state index is 13.5. The van der Waals surface area contributed by atoms with Crippen molar-refractivity contribution in [3.05, 3.63) is 46.5 Å². The van der Waals surface area contributed by atoms with Gasteiger partial charge < -0.3 is 0 Å². The summed E-state index contributed by atoms with van der Waals surface area (Å²) in [7, 11) is 0. The molecule has 0 aromatic heterocycles. The summed E-state index contributed by atoms with van der Waals surface area (Å²) in [5, 5.41) is -0.507. The molecule has 0 amide bonds. The van der Waals surface area contributed by atoms with Gasteiger partial charge in [-0.05, 0) is 55.2 Å². The maximum absolute atomic E-state index is 13.5. The average molecular weight is 339 g/mol. The van der Waals surface area contributed by atoms with Crippen LogP contribution in [-0.4, -0.2) is 6.18 Å². The highest BCUT2D eigenvalue weighted by molar-refractivity contribution is 6.30. The van der Waals surface area contributed by atoms with Gasteiger partial charge in [-0.25, -0.2) is 8.78 Å². The summed E-state index contributed by atoms with van der Waals surface area (Å²) >= 11 is 5.45. The number of rotatable bonds is 3. The van der Waals surface area contributed by atoms with Gasteiger partial charge in [0.15, 0.2) is 0 Å². The van der Waals surface area contributed by atoms with Gasteiger partial charge in [0, 0.05) is 0 Å². The van der Waals surface area contributed by atoms with Crippen LogP contribution in [-0.2, 0) is 0 Å². The molecule has 1 aromatic carbocycles. The lowest BCUT2D eigenvalue weighted by molar-refractivity contribution is -0.125. The molecule has 0 nitrogen and oxygen atoms in total. The van der Waals surface area contributed by atoms with Gasteiger partial charge in [0.2, 0.25) is 0 Å². The number of halogens is 6. The fourth-order valence-corrected chi connectivity index (χ4v) is 2.96. The Kier molecular flexibility index (Phi) is 5.48. The molecule has 22 heavy (non-hydrogen) atoms. The third-order valence-corrected chi connectivity index (χ3v) is 4.37. The minimum atomic E-state index is -4.17.